The minimum absolute atomic E-state index is 0.974. The molecule has 3 nitrogen and oxygen atoms in total. The van der Waals surface area contributed by atoms with E-state index in [-0.39, 0.29) is 0 Å². The van der Waals surface area contributed by atoms with Gasteiger partial charge in [0.15, 0.2) is 0 Å². The number of aromatic nitrogens is 3. The molecule has 0 amide bonds. The number of nitrogens with zero attached hydrogens (tertiary/aromatic N) is 3. The van der Waals surface area contributed by atoms with E-state index < -0.39 is 0 Å². The zero-order valence-electron chi connectivity index (χ0n) is 14.0. The zero-order chi connectivity index (χ0) is 16.4. The van der Waals surface area contributed by atoms with Gasteiger partial charge in [-0.25, -0.2) is 4.98 Å². The summed E-state index contributed by atoms with van der Waals surface area (Å²) in [6, 6.07) is 17.0. The Hall–Kier alpha value is -2.94. The van der Waals surface area contributed by atoms with Crippen LogP contribution in [0.15, 0.2) is 48.5 Å². The van der Waals surface area contributed by atoms with Crippen molar-refractivity contribution in [3.05, 3.63) is 59.7 Å². The van der Waals surface area contributed by atoms with E-state index in [0.29, 0.717) is 0 Å². The maximum atomic E-state index is 4.92. The Balaban J connectivity index is 2.07. The van der Waals surface area contributed by atoms with Crippen LogP contribution in [0, 0.1) is 13.8 Å². The maximum absolute atomic E-state index is 4.92. The van der Waals surface area contributed by atoms with Crippen molar-refractivity contribution >= 4 is 43.6 Å². The molecule has 0 saturated heterocycles. The first-order valence-electron chi connectivity index (χ1n) is 8.19. The molecular weight excluding hydrogens is 294 g/mol. The summed E-state index contributed by atoms with van der Waals surface area (Å²) in [6.07, 6.45) is 0. The van der Waals surface area contributed by atoms with Gasteiger partial charge in [-0.1, -0.05) is 36.4 Å². The Labute approximate surface area is 139 Å². The first-order valence-corrected chi connectivity index (χ1v) is 8.19. The molecule has 0 unspecified atom stereocenters. The smallest absolute Gasteiger partial charge is 0.118 e. The summed E-state index contributed by atoms with van der Waals surface area (Å²) in [5, 5.41) is 9.66. The van der Waals surface area contributed by atoms with E-state index in [1.54, 1.807) is 0 Å². The van der Waals surface area contributed by atoms with Gasteiger partial charge in [0, 0.05) is 28.6 Å². The van der Waals surface area contributed by atoms with Gasteiger partial charge in [0.1, 0.15) is 5.52 Å². The Bertz CT molecular complexity index is 1280. The van der Waals surface area contributed by atoms with Crippen LogP contribution in [-0.2, 0) is 7.05 Å². The molecule has 2 aromatic heterocycles. The number of rotatable bonds is 0. The molecule has 0 aliphatic rings. The first kappa shape index (κ1) is 13.5. The number of para-hydroxylation sites is 1. The Morgan fingerprint density at radius 3 is 2.46 bits per heavy atom. The molecule has 0 aliphatic heterocycles. The second-order valence-electron chi connectivity index (χ2n) is 6.51. The van der Waals surface area contributed by atoms with Crippen molar-refractivity contribution < 1.29 is 0 Å². The van der Waals surface area contributed by atoms with Gasteiger partial charge < -0.3 is 0 Å². The monoisotopic (exact) mass is 311 g/mol. The van der Waals surface area contributed by atoms with Gasteiger partial charge in [0.05, 0.1) is 16.6 Å². The predicted octanol–water partition coefficient (Wildman–Crippen LogP) is 5.04. The van der Waals surface area contributed by atoms with Gasteiger partial charge in [-0.3, -0.25) is 4.68 Å². The molecule has 0 N–H and O–H groups in total. The molecule has 24 heavy (non-hydrogen) atoms. The minimum atomic E-state index is 0.974. The molecule has 5 rings (SSSR count). The van der Waals surface area contributed by atoms with Gasteiger partial charge in [-0.2, -0.15) is 5.10 Å². The quantitative estimate of drug-likeness (QED) is 0.375. The summed E-state index contributed by atoms with van der Waals surface area (Å²) in [5.41, 5.74) is 6.76. The van der Waals surface area contributed by atoms with Crippen LogP contribution in [0.1, 0.15) is 11.1 Å². The number of aryl methyl sites for hydroxylation is 3. The average molecular weight is 311 g/mol. The van der Waals surface area contributed by atoms with Gasteiger partial charge in [-0.15, -0.1) is 0 Å². The summed E-state index contributed by atoms with van der Waals surface area (Å²) < 4.78 is 1.95. The highest BCUT2D eigenvalue weighted by molar-refractivity contribution is 6.20. The fourth-order valence-electron chi connectivity index (χ4n) is 3.76. The molecule has 3 heteroatoms. The standard InChI is InChI=1S/C21H17N3/c1-12-8-11-17-19(13(12)2)16-10-9-15-14-6-4-5-7-18(14)24(3)23-21(15)20(16)22-17/h4-11H,1-3H3. The van der Waals surface area contributed by atoms with Crippen LogP contribution in [0.2, 0.25) is 0 Å². The molecule has 5 aromatic rings. The number of hydrogen-bond acceptors (Lipinski definition) is 2. The summed E-state index contributed by atoms with van der Waals surface area (Å²) >= 11 is 0. The molecule has 0 fully saturated rings. The lowest BCUT2D eigenvalue weighted by Crippen LogP contribution is -1.99. The van der Waals surface area contributed by atoms with Crippen molar-refractivity contribution in [1.82, 2.24) is 14.8 Å². The van der Waals surface area contributed by atoms with Gasteiger partial charge in [0.25, 0.3) is 0 Å². The Morgan fingerprint density at radius 1 is 0.792 bits per heavy atom. The van der Waals surface area contributed by atoms with Crippen LogP contribution >= 0.6 is 0 Å². The van der Waals surface area contributed by atoms with Crippen molar-refractivity contribution in [2.45, 2.75) is 13.8 Å². The lowest BCUT2D eigenvalue weighted by molar-refractivity contribution is 0.798. The largest absolute Gasteiger partial charge is 0.267 e. The molecule has 2 heterocycles. The number of fused-ring (bicyclic) bond motifs is 7. The SMILES string of the molecule is Cc1ccc2nc3c(ccc4c5ccccc5n(C)nc43)c2c1C. The van der Waals surface area contributed by atoms with Crippen LogP contribution < -0.4 is 0 Å². The molecule has 0 aliphatic carbocycles. The molecular formula is C21H17N3. The van der Waals surface area contributed by atoms with Gasteiger partial charge >= 0.3 is 0 Å². The predicted molar refractivity (Wildman–Crippen MR) is 101 cm³/mol. The number of hydrogen-bond donors (Lipinski definition) is 0. The lowest BCUT2D eigenvalue weighted by Gasteiger charge is -2.09. The third-order valence-corrected chi connectivity index (χ3v) is 5.16. The van der Waals surface area contributed by atoms with E-state index >= 15 is 0 Å². The Morgan fingerprint density at radius 2 is 1.58 bits per heavy atom. The van der Waals surface area contributed by atoms with Crippen LogP contribution in [0.3, 0.4) is 0 Å². The summed E-state index contributed by atoms with van der Waals surface area (Å²) in [4.78, 5) is 4.92. The summed E-state index contributed by atoms with van der Waals surface area (Å²) in [6.45, 7) is 4.33. The van der Waals surface area contributed by atoms with E-state index in [2.05, 4.69) is 62.4 Å². The van der Waals surface area contributed by atoms with Crippen molar-refractivity contribution in [3.8, 4) is 0 Å². The fraction of sp³-hybridized carbons (Fsp3) is 0.143. The molecule has 0 bridgehead atoms. The van der Waals surface area contributed by atoms with Gasteiger partial charge in [-0.05, 0) is 37.1 Å². The lowest BCUT2D eigenvalue weighted by atomic mass is 10.0. The minimum Gasteiger partial charge on any atom is -0.267 e. The van der Waals surface area contributed by atoms with Crippen molar-refractivity contribution in [2.24, 2.45) is 7.05 Å². The van der Waals surface area contributed by atoms with E-state index in [0.717, 1.165) is 27.5 Å². The maximum Gasteiger partial charge on any atom is 0.118 e. The van der Waals surface area contributed by atoms with Crippen molar-refractivity contribution in [2.75, 3.05) is 0 Å². The molecule has 3 aromatic carbocycles. The number of benzene rings is 3. The molecule has 0 saturated carbocycles. The third kappa shape index (κ3) is 1.61. The van der Waals surface area contributed by atoms with Crippen molar-refractivity contribution in [1.29, 1.82) is 0 Å². The van der Waals surface area contributed by atoms with Gasteiger partial charge in [0.2, 0.25) is 0 Å². The highest BCUT2D eigenvalue weighted by atomic mass is 15.2. The second kappa shape index (κ2) is 4.54. The zero-order valence-corrected chi connectivity index (χ0v) is 14.0. The first-order chi connectivity index (χ1) is 11.6. The highest BCUT2D eigenvalue weighted by Crippen LogP contribution is 2.35. The summed E-state index contributed by atoms with van der Waals surface area (Å²) in [5.74, 6) is 0. The van der Waals surface area contributed by atoms with Crippen LogP contribution in [-0.4, -0.2) is 14.8 Å². The van der Waals surface area contributed by atoms with E-state index in [1.165, 1.54) is 27.3 Å². The molecule has 116 valence electrons. The molecule has 0 atom stereocenters. The van der Waals surface area contributed by atoms with Crippen molar-refractivity contribution in [3.63, 3.8) is 0 Å². The van der Waals surface area contributed by atoms with Crippen LogP contribution in [0.25, 0.3) is 43.6 Å². The molecule has 0 radical (unpaired) electrons. The normalized spacial score (nSPS) is 12.0. The molecule has 0 spiro atoms. The average Bonchev–Trinajstić information content (AvgIpc) is 2.98. The fourth-order valence-corrected chi connectivity index (χ4v) is 3.76. The second-order valence-corrected chi connectivity index (χ2v) is 6.51. The highest BCUT2D eigenvalue weighted by Gasteiger charge is 2.14. The topological polar surface area (TPSA) is 30.7 Å². The summed E-state index contributed by atoms with van der Waals surface area (Å²) in [7, 11) is 2.00. The van der Waals surface area contributed by atoms with Crippen LogP contribution in [0.5, 0.6) is 0 Å². The van der Waals surface area contributed by atoms with E-state index in [4.69, 9.17) is 10.1 Å². The van der Waals surface area contributed by atoms with E-state index in [1.807, 2.05) is 11.7 Å². The third-order valence-electron chi connectivity index (χ3n) is 5.16. The van der Waals surface area contributed by atoms with Crippen LogP contribution in [0.4, 0.5) is 0 Å². The van der Waals surface area contributed by atoms with E-state index in [9.17, 15) is 0 Å². The Kier molecular flexibility index (Phi) is 2.55.